The quantitative estimate of drug-likeness (QED) is 0.724. The average Bonchev–Trinajstić information content (AvgIpc) is 3.01. The van der Waals surface area contributed by atoms with Crippen molar-refractivity contribution >= 4 is 15.9 Å². The summed E-state index contributed by atoms with van der Waals surface area (Å²) in [6, 6.07) is 5.29. The molecule has 138 valence electrons. The van der Waals surface area contributed by atoms with Crippen molar-refractivity contribution in [2.24, 2.45) is 0 Å². The first-order valence-electron chi connectivity index (χ1n) is 8.13. The Morgan fingerprint density at radius 1 is 1.16 bits per heavy atom. The van der Waals surface area contributed by atoms with Gasteiger partial charge in [0.15, 0.2) is 11.5 Å². The summed E-state index contributed by atoms with van der Waals surface area (Å²) in [6.45, 7) is 2.97. The number of likely N-dealkylation sites (N-methyl/N-ethyl adjacent to an activating group) is 1. The molecule has 0 radical (unpaired) electrons. The normalized spacial score (nSPS) is 18.0. The third kappa shape index (κ3) is 4.42. The fraction of sp³-hybridized carbons (Fsp3) is 0.562. The van der Waals surface area contributed by atoms with Crippen molar-refractivity contribution in [3.63, 3.8) is 0 Å². The van der Waals surface area contributed by atoms with Crippen molar-refractivity contribution in [3.05, 3.63) is 23.8 Å². The van der Waals surface area contributed by atoms with Crippen molar-refractivity contribution in [2.75, 3.05) is 52.8 Å². The zero-order valence-electron chi connectivity index (χ0n) is 14.5. The lowest BCUT2D eigenvalue weighted by molar-refractivity contribution is -0.133. The van der Waals surface area contributed by atoms with Gasteiger partial charge in [-0.1, -0.05) is 6.07 Å². The topological polar surface area (TPSA) is 79.4 Å². The molecular weight excluding hydrogens is 346 g/mol. The summed E-state index contributed by atoms with van der Waals surface area (Å²) in [4.78, 5) is 16.4. The van der Waals surface area contributed by atoms with Crippen LogP contribution in [0.15, 0.2) is 18.2 Å². The number of carbonyl (C=O) groups is 1. The molecule has 9 heteroatoms. The minimum Gasteiger partial charge on any atom is -0.454 e. The number of fused-ring (bicyclic) bond motifs is 1. The SMILES string of the molecule is CN1CCN(C(=O)CN(Cc2ccc3c(c2)OCO3)S(C)(=O)=O)CC1. The number of hydrogen-bond donors (Lipinski definition) is 0. The lowest BCUT2D eigenvalue weighted by Gasteiger charge is -2.33. The molecule has 1 aromatic rings. The molecule has 2 aliphatic rings. The first-order chi connectivity index (χ1) is 11.8. The van der Waals surface area contributed by atoms with Crippen molar-refractivity contribution in [2.45, 2.75) is 6.54 Å². The van der Waals surface area contributed by atoms with Crippen molar-refractivity contribution in [1.82, 2.24) is 14.1 Å². The van der Waals surface area contributed by atoms with Crippen LogP contribution in [0, 0.1) is 0 Å². The Morgan fingerprint density at radius 2 is 1.84 bits per heavy atom. The fourth-order valence-electron chi connectivity index (χ4n) is 2.84. The molecule has 0 unspecified atom stereocenters. The van der Waals surface area contributed by atoms with E-state index in [-0.39, 0.29) is 25.8 Å². The molecule has 25 heavy (non-hydrogen) atoms. The van der Waals surface area contributed by atoms with Gasteiger partial charge in [-0.05, 0) is 24.7 Å². The maximum Gasteiger partial charge on any atom is 0.237 e. The first-order valence-corrected chi connectivity index (χ1v) is 9.98. The highest BCUT2D eigenvalue weighted by atomic mass is 32.2. The van der Waals surface area contributed by atoms with Gasteiger partial charge in [0.05, 0.1) is 12.8 Å². The van der Waals surface area contributed by atoms with E-state index in [0.717, 1.165) is 24.9 Å². The second kappa shape index (κ2) is 7.19. The van der Waals surface area contributed by atoms with Gasteiger partial charge in [0.2, 0.25) is 22.7 Å². The first kappa shape index (κ1) is 18.0. The lowest BCUT2D eigenvalue weighted by atomic mass is 10.2. The van der Waals surface area contributed by atoms with Gasteiger partial charge in [0.25, 0.3) is 0 Å². The van der Waals surface area contributed by atoms with E-state index < -0.39 is 10.0 Å². The second-order valence-corrected chi connectivity index (χ2v) is 8.39. The van der Waals surface area contributed by atoms with Gasteiger partial charge < -0.3 is 19.3 Å². The highest BCUT2D eigenvalue weighted by molar-refractivity contribution is 7.88. The maximum absolute atomic E-state index is 12.5. The van der Waals surface area contributed by atoms with Gasteiger partial charge in [-0.3, -0.25) is 4.79 Å². The predicted molar refractivity (Wildman–Crippen MR) is 91.9 cm³/mol. The van der Waals surface area contributed by atoms with Crippen LogP contribution in [0.4, 0.5) is 0 Å². The Bertz CT molecular complexity index is 744. The molecule has 0 N–H and O–H groups in total. The monoisotopic (exact) mass is 369 g/mol. The number of ether oxygens (including phenoxy) is 2. The zero-order valence-corrected chi connectivity index (χ0v) is 15.3. The molecule has 0 aliphatic carbocycles. The van der Waals surface area contributed by atoms with Gasteiger partial charge in [-0.2, -0.15) is 4.31 Å². The molecule has 2 heterocycles. The predicted octanol–water partition coefficient (Wildman–Crippen LogP) is -0.0491. The third-order valence-electron chi connectivity index (χ3n) is 4.43. The Morgan fingerprint density at radius 3 is 2.52 bits per heavy atom. The van der Waals surface area contributed by atoms with E-state index in [0.29, 0.717) is 24.6 Å². The standard InChI is InChI=1S/C16H23N3O5S/c1-17-5-7-18(8-6-17)16(20)11-19(25(2,21)22)10-13-3-4-14-15(9-13)24-12-23-14/h3-4,9H,5-8,10-12H2,1-2H3. The Labute approximate surface area is 147 Å². The molecule has 1 amide bonds. The number of nitrogens with zero attached hydrogens (tertiary/aromatic N) is 3. The molecule has 0 bridgehead atoms. The summed E-state index contributed by atoms with van der Waals surface area (Å²) in [5.74, 6) is 1.07. The van der Waals surface area contributed by atoms with Crippen LogP contribution in [0.2, 0.25) is 0 Å². The van der Waals surface area contributed by atoms with E-state index in [2.05, 4.69) is 4.90 Å². The Balaban J connectivity index is 1.69. The molecule has 8 nitrogen and oxygen atoms in total. The maximum atomic E-state index is 12.5. The number of sulfonamides is 1. The van der Waals surface area contributed by atoms with Crippen LogP contribution in [0.5, 0.6) is 11.5 Å². The van der Waals surface area contributed by atoms with Crippen LogP contribution in [0.25, 0.3) is 0 Å². The van der Waals surface area contributed by atoms with Crippen LogP contribution in [-0.4, -0.2) is 81.3 Å². The number of benzene rings is 1. The van der Waals surface area contributed by atoms with Gasteiger partial charge in [0.1, 0.15) is 0 Å². The van der Waals surface area contributed by atoms with E-state index in [1.54, 1.807) is 23.1 Å². The van der Waals surface area contributed by atoms with Gasteiger partial charge in [0, 0.05) is 32.7 Å². The van der Waals surface area contributed by atoms with Crippen LogP contribution in [0.1, 0.15) is 5.56 Å². The van der Waals surface area contributed by atoms with Crippen LogP contribution < -0.4 is 9.47 Å². The second-order valence-electron chi connectivity index (χ2n) is 6.40. The summed E-state index contributed by atoms with van der Waals surface area (Å²) >= 11 is 0. The minimum absolute atomic E-state index is 0.120. The molecule has 3 rings (SSSR count). The van der Waals surface area contributed by atoms with E-state index in [1.807, 2.05) is 7.05 Å². The lowest BCUT2D eigenvalue weighted by Crippen LogP contribution is -2.50. The number of hydrogen-bond acceptors (Lipinski definition) is 6. The fourth-order valence-corrected chi connectivity index (χ4v) is 3.57. The largest absolute Gasteiger partial charge is 0.454 e. The number of rotatable bonds is 5. The number of piperazine rings is 1. The van der Waals surface area contributed by atoms with Crippen LogP contribution in [-0.2, 0) is 21.4 Å². The van der Waals surface area contributed by atoms with E-state index in [4.69, 9.17) is 9.47 Å². The van der Waals surface area contributed by atoms with Gasteiger partial charge >= 0.3 is 0 Å². The molecule has 1 fully saturated rings. The smallest absolute Gasteiger partial charge is 0.237 e. The van der Waals surface area contributed by atoms with Crippen molar-refractivity contribution < 1.29 is 22.7 Å². The van der Waals surface area contributed by atoms with E-state index >= 15 is 0 Å². The molecule has 0 saturated carbocycles. The molecule has 0 aromatic heterocycles. The minimum atomic E-state index is -3.52. The molecular formula is C16H23N3O5S. The van der Waals surface area contributed by atoms with E-state index in [1.165, 1.54) is 4.31 Å². The van der Waals surface area contributed by atoms with E-state index in [9.17, 15) is 13.2 Å². The molecule has 0 spiro atoms. The number of carbonyl (C=O) groups excluding carboxylic acids is 1. The summed E-state index contributed by atoms with van der Waals surface area (Å²) in [6.07, 6.45) is 1.12. The molecule has 0 atom stereocenters. The molecule has 1 saturated heterocycles. The summed E-state index contributed by atoms with van der Waals surface area (Å²) in [5.41, 5.74) is 0.751. The summed E-state index contributed by atoms with van der Waals surface area (Å²) in [7, 11) is -1.51. The highest BCUT2D eigenvalue weighted by Gasteiger charge is 2.26. The zero-order chi connectivity index (χ0) is 18.0. The van der Waals surface area contributed by atoms with Crippen molar-refractivity contribution in [1.29, 1.82) is 0 Å². The van der Waals surface area contributed by atoms with Crippen LogP contribution >= 0.6 is 0 Å². The highest BCUT2D eigenvalue weighted by Crippen LogP contribution is 2.32. The van der Waals surface area contributed by atoms with Gasteiger partial charge in [-0.25, -0.2) is 8.42 Å². The Kier molecular flexibility index (Phi) is 5.16. The number of amides is 1. The molecule has 1 aromatic carbocycles. The van der Waals surface area contributed by atoms with Crippen molar-refractivity contribution in [3.8, 4) is 11.5 Å². The average molecular weight is 369 g/mol. The third-order valence-corrected chi connectivity index (χ3v) is 5.63. The van der Waals surface area contributed by atoms with Crippen LogP contribution in [0.3, 0.4) is 0 Å². The summed E-state index contributed by atoms with van der Waals surface area (Å²) < 4.78 is 36.0. The summed E-state index contributed by atoms with van der Waals surface area (Å²) in [5, 5.41) is 0. The Hall–Kier alpha value is -1.84. The van der Waals surface area contributed by atoms with Gasteiger partial charge in [-0.15, -0.1) is 0 Å². The molecule has 2 aliphatic heterocycles.